The fourth-order valence-electron chi connectivity index (χ4n) is 4.26. The number of para-hydroxylation sites is 2. The first-order valence-corrected chi connectivity index (χ1v) is 8.92. The normalized spacial score (nSPS) is 28.4. The summed E-state index contributed by atoms with van der Waals surface area (Å²) in [5, 5.41) is 6.43. The number of hydrogen-bond acceptors (Lipinski definition) is 5. The number of anilines is 2. The number of benzene rings is 1. The minimum absolute atomic E-state index is 0.00157. The number of carbonyl (C=O) groups excluding carboxylic acids is 2. The summed E-state index contributed by atoms with van der Waals surface area (Å²) in [6.45, 7) is 1.93. The van der Waals surface area contributed by atoms with E-state index in [1.807, 2.05) is 41.1 Å². The van der Waals surface area contributed by atoms with Gasteiger partial charge in [-0.2, -0.15) is 0 Å². The Balaban J connectivity index is 1.45. The standard InChI is InChI=1S/C18H25N5O2/c1-22-11-12(19)10-15(22)16(24)23-8-6-18(7-9-23)17(25)20-13-4-2-3-5-14(13)21-18/h2-5,12,15,21H,6-11,19H2,1H3,(H,20,25)/t12-,15-/m0/s1. The maximum atomic E-state index is 12.8. The summed E-state index contributed by atoms with van der Waals surface area (Å²) in [7, 11) is 1.95. The highest BCUT2D eigenvalue weighted by molar-refractivity contribution is 6.06. The minimum Gasteiger partial charge on any atom is -0.369 e. The van der Waals surface area contributed by atoms with Gasteiger partial charge < -0.3 is 21.3 Å². The van der Waals surface area contributed by atoms with Crippen LogP contribution < -0.4 is 16.4 Å². The zero-order valence-electron chi connectivity index (χ0n) is 14.5. The van der Waals surface area contributed by atoms with Crippen LogP contribution in [0, 0.1) is 0 Å². The van der Waals surface area contributed by atoms with E-state index in [1.165, 1.54) is 0 Å². The summed E-state index contributed by atoms with van der Waals surface area (Å²) < 4.78 is 0. The van der Waals surface area contributed by atoms with Crippen molar-refractivity contribution in [2.75, 3.05) is 37.3 Å². The topological polar surface area (TPSA) is 90.7 Å². The van der Waals surface area contributed by atoms with E-state index in [1.54, 1.807) is 0 Å². The molecule has 4 rings (SSSR count). The number of carbonyl (C=O) groups is 2. The molecular formula is C18H25N5O2. The number of nitrogens with zero attached hydrogens (tertiary/aromatic N) is 2. The molecule has 2 atom stereocenters. The smallest absolute Gasteiger partial charge is 0.250 e. The fraction of sp³-hybridized carbons (Fsp3) is 0.556. The number of amides is 2. The van der Waals surface area contributed by atoms with Crippen LogP contribution in [-0.2, 0) is 9.59 Å². The fourth-order valence-corrected chi connectivity index (χ4v) is 4.26. The van der Waals surface area contributed by atoms with Gasteiger partial charge in [-0.3, -0.25) is 14.5 Å². The zero-order chi connectivity index (χ0) is 17.6. The molecule has 2 fully saturated rings. The van der Waals surface area contributed by atoms with Gasteiger partial charge in [-0.05, 0) is 38.4 Å². The lowest BCUT2D eigenvalue weighted by Crippen LogP contribution is -2.60. The molecule has 0 aliphatic carbocycles. The number of likely N-dealkylation sites (tertiary alicyclic amines) is 2. The van der Waals surface area contributed by atoms with Crippen LogP contribution >= 0.6 is 0 Å². The first kappa shape index (κ1) is 16.4. The zero-order valence-corrected chi connectivity index (χ0v) is 14.5. The van der Waals surface area contributed by atoms with E-state index in [9.17, 15) is 9.59 Å². The van der Waals surface area contributed by atoms with Gasteiger partial charge in [-0.15, -0.1) is 0 Å². The highest BCUT2D eigenvalue weighted by Gasteiger charge is 2.46. The Bertz CT molecular complexity index is 698. The SMILES string of the molecule is CN1C[C@@H](N)C[C@H]1C(=O)N1CCC2(CC1)Nc1ccccc1NC2=O. The molecule has 3 aliphatic rings. The lowest BCUT2D eigenvalue weighted by atomic mass is 9.84. The van der Waals surface area contributed by atoms with Gasteiger partial charge >= 0.3 is 0 Å². The highest BCUT2D eigenvalue weighted by atomic mass is 16.2. The molecule has 7 nitrogen and oxygen atoms in total. The first-order chi connectivity index (χ1) is 12.0. The second-order valence-electron chi connectivity index (χ2n) is 7.48. The highest BCUT2D eigenvalue weighted by Crippen LogP contribution is 2.36. The lowest BCUT2D eigenvalue weighted by Gasteiger charge is -2.45. The van der Waals surface area contributed by atoms with E-state index in [0.717, 1.165) is 17.9 Å². The molecule has 3 aliphatic heterocycles. The maximum Gasteiger partial charge on any atom is 0.250 e. The molecule has 0 unspecified atom stereocenters. The third kappa shape index (κ3) is 2.77. The van der Waals surface area contributed by atoms with Crippen molar-refractivity contribution in [3.8, 4) is 0 Å². The van der Waals surface area contributed by atoms with Crippen molar-refractivity contribution < 1.29 is 9.59 Å². The van der Waals surface area contributed by atoms with Crippen molar-refractivity contribution in [1.29, 1.82) is 0 Å². The third-order valence-corrected chi connectivity index (χ3v) is 5.78. The molecule has 2 amide bonds. The van der Waals surface area contributed by atoms with Crippen molar-refractivity contribution in [2.24, 2.45) is 5.73 Å². The Morgan fingerprint density at radius 3 is 2.56 bits per heavy atom. The molecule has 7 heteroatoms. The number of nitrogens with two attached hydrogens (primary N) is 1. The minimum atomic E-state index is -0.622. The van der Waals surface area contributed by atoms with E-state index in [-0.39, 0.29) is 23.9 Å². The van der Waals surface area contributed by atoms with Gasteiger partial charge in [0.15, 0.2) is 0 Å². The molecule has 1 spiro atoms. The van der Waals surface area contributed by atoms with Gasteiger partial charge in [0.1, 0.15) is 5.54 Å². The van der Waals surface area contributed by atoms with E-state index >= 15 is 0 Å². The van der Waals surface area contributed by atoms with Crippen molar-refractivity contribution in [1.82, 2.24) is 9.80 Å². The molecule has 1 aromatic carbocycles. The molecule has 0 saturated carbocycles. The van der Waals surface area contributed by atoms with Gasteiger partial charge in [0.25, 0.3) is 0 Å². The summed E-state index contributed by atoms with van der Waals surface area (Å²) >= 11 is 0. The van der Waals surface area contributed by atoms with Crippen LogP contribution in [0.4, 0.5) is 11.4 Å². The predicted molar refractivity (Wildman–Crippen MR) is 96.2 cm³/mol. The van der Waals surface area contributed by atoms with Gasteiger partial charge in [-0.25, -0.2) is 0 Å². The molecule has 2 saturated heterocycles. The van der Waals surface area contributed by atoms with Crippen molar-refractivity contribution >= 4 is 23.2 Å². The van der Waals surface area contributed by atoms with Crippen LogP contribution in [0.3, 0.4) is 0 Å². The van der Waals surface area contributed by atoms with Gasteiger partial charge in [0.2, 0.25) is 11.8 Å². The van der Waals surface area contributed by atoms with Crippen LogP contribution in [0.5, 0.6) is 0 Å². The molecule has 0 bridgehead atoms. The maximum absolute atomic E-state index is 12.8. The summed E-state index contributed by atoms with van der Waals surface area (Å²) in [6.07, 6.45) is 1.94. The van der Waals surface area contributed by atoms with E-state index in [0.29, 0.717) is 32.4 Å². The predicted octanol–water partition coefficient (Wildman–Crippen LogP) is 0.443. The molecular weight excluding hydrogens is 318 g/mol. The van der Waals surface area contributed by atoms with Crippen LogP contribution in [0.1, 0.15) is 19.3 Å². The summed E-state index contributed by atoms with van der Waals surface area (Å²) in [5.41, 5.74) is 7.13. The van der Waals surface area contributed by atoms with Gasteiger partial charge in [0, 0.05) is 25.7 Å². The van der Waals surface area contributed by atoms with Crippen LogP contribution in [0.2, 0.25) is 0 Å². The van der Waals surface area contributed by atoms with Crippen molar-refractivity contribution in [3.63, 3.8) is 0 Å². The van der Waals surface area contributed by atoms with Crippen molar-refractivity contribution in [2.45, 2.75) is 36.9 Å². The summed E-state index contributed by atoms with van der Waals surface area (Å²) in [5.74, 6) is 0.139. The average molecular weight is 343 g/mol. The Kier molecular flexibility index (Phi) is 3.92. The number of fused-ring (bicyclic) bond motifs is 1. The van der Waals surface area contributed by atoms with Crippen LogP contribution in [0.15, 0.2) is 24.3 Å². The molecule has 4 N–H and O–H groups in total. The molecule has 25 heavy (non-hydrogen) atoms. The molecule has 134 valence electrons. The third-order valence-electron chi connectivity index (χ3n) is 5.78. The second-order valence-corrected chi connectivity index (χ2v) is 7.48. The largest absolute Gasteiger partial charge is 0.369 e. The van der Waals surface area contributed by atoms with E-state index < -0.39 is 5.54 Å². The van der Waals surface area contributed by atoms with E-state index in [2.05, 4.69) is 10.6 Å². The number of piperidine rings is 1. The number of likely N-dealkylation sites (N-methyl/N-ethyl adjacent to an activating group) is 1. The monoisotopic (exact) mass is 343 g/mol. The summed E-state index contributed by atoms with van der Waals surface area (Å²) in [4.78, 5) is 29.4. The Morgan fingerprint density at radius 2 is 1.92 bits per heavy atom. The van der Waals surface area contributed by atoms with E-state index in [4.69, 9.17) is 5.73 Å². The number of hydrogen-bond donors (Lipinski definition) is 3. The molecule has 0 aromatic heterocycles. The number of nitrogens with one attached hydrogen (secondary N) is 2. The van der Waals surface area contributed by atoms with Crippen LogP contribution in [0.25, 0.3) is 0 Å². The Labute approximate surface area is 147 Å². The molecule has 3 heterocycles. The van der Waals surface area contributed by atoms with Crippen LogP contribution in [-0.4, -0.2) is 65.9 Å². The van der Waals surface area contributed by atoms with Crippen molar-refractivity contribution in [3.05, 3.63) is 24.3 Å². The molecule has 0 radical (unpaired) electrons. The van der Waals surface area contributed by atoms with Gasteiger partial charge in [0.05, 0.1) is 17.4 Å². The Hall–Kier alpha value is -2.12. The van der Waals surface area contributed by atoms with Gasteiger partial charge in [-0.1, -0.05) is 12.1 Å². The number of rotatable bonds is 1. The Morgan fingerprint density at radius 1 is 1.24 bits per heavy atom. The quantitative estimate of drug-likeness (QED) is 0.688. The summed E-state index contributed by atoms with van der Waals surface area (Å²) in [6, 6.07) is 7.67. The molecule has 1 aromatic rings. The lowest BCUT2D eigenvalue weighted by molar-refractivity contribution is -0.138. The second kappa shape index (κ2) is 6.00. The first-order valence-electron chi connectivity index (χ1n) is 8.92. The average Bonchev–Trinajstić information content (AvgIpc) is 2.94.